The average molecular weight is 236 g/mol. The second-order valence-corrected chi connectivity index (χ2v) is 4.73. The Morgan fingerprint density at radius 1 is 1.29 bits per heavy atom. The molecule has 0 saturated heterocycles. The zero-order valence-corrected chi connectivity index (χ0v) is 11.1. The quantitative estimate of drug-likeness (QED) is 0.713. The summed E-state index contributed by atoms with van der Waals surface area (Å²) < 4.78 is 0. The molecule has 0 aliphatic carbocycles. The van der Waals surface area contributed by atoms with Crippen LogP contribution in [0.25, 0.3) is 0 Å². The van der Waals surface area contributed by atoms with Crippen LogP contribution in [0.5, 0.6) is 5.75 Å². The normalized spacial score (nSPS) is 11.4. The predicted molar refractivity (Wildman–Crippen MR) is 72.2 cm³/mol. The molecule has 1 aromatic carbocycles. The third-order valence-electron chi connectivity index (χ3n) is 3.05. The first-order valence-electron chi connectivity index (χ1n) is 6.29. The highest BCUT2D eigenvalue weighted by atomic mass is 16.3. The van der Waals surface area contributed by atoms with Crippen molar-refractivity contribution in [3.05, 3.63) is 29.8 Å². The van der Waals surface area contributed by atoms with Gasteiger partial charge < -0.3 is 15.3 Å². The summed E-state index contributed by atoms with van der Waals surface area (Å²) >= 11 is 0. The summed E-state index contributed by atoms with van der Waals surface area (Å²) in [6.45, 7) is 7.22. The van der Waals surface area contributed by atoms with Gasteiger partial charge in [0.15, 0.2) is 0 Å². The summed E-state index contributed by atoms with van der Waals surface area (Å²) in [4.78, 5) is 2.33. The zero-order valence-electron chi connectivity index (χ0n) is 11.1. The first kappa shape index (κ1) is 14.0. The molecule has 3 heteroatoms. The average Bonchev–Trinajstić information content (AvgIpc) is 2.30. The molecule has 0 saturated carbocycles. The lowest BCUT2D eigenvalue weighted by Gasteiger charge is -2.20. The number of aromatic hydroxyl groups is 1. The molecule has 0 unspecified atom stereocenters. The van der Waals surface area contributed by atoms with E-state index in [4.69, 9.17) is 0 Å². The van der Waals surface area contributed by atoms with Gasteiger partial charge >= 0.3 is 0 Å². The standard InChI is InChI=1S/C14H24N2O/c1-12(2)16(3)10-6-9-15-11-13-7-4-5-8-14(13)17/h4-5,7-8,12,15,17H,6,9-11H2,1-3H3. The Bertz CT molecular complexity index is 326. The second kappa shape index (κ2) is 7.30. The summed E-state index contributed by atoms with van der Waals surface area (Å²) in [5.41, 5.74) is 0.963. The van der Waals surface area contributed by atoms with Gasteiger partial charge in [0.05, 0.1) is 0 Å². The maximum atomic E-state index is 9.58. The van der Waals surface area contributed by atoms with Crippen LogP contribution in [0.2, 0.25) is 0 Å². The third-order valence-corrected chi connectivity index (χ3v) is 3.05. The smallest absolute Gasteiger partial charge is 0.120 e. The Balaban J connectivity index is 2.15. The molecule has 96 valence electrons. The minimum atomic E-state index is 0.374. The molecule has 0 fully saturated rings. The van der Waals surface area contributed by atoms with Crippen molar-refractivity contribution in [3.63, 3.8) is 0 Å². The van der Waals surface area contributed by atoms with Gasteiger partial charge in [-0.15, -0.1) is 0 Å². The van der Waals surface area contributed by atoms with Gasteiger partial charge in [-0.25, -0.2) is 0 Å². The van der Waals surface area contributed by atoms with Gasteiger partial charge in [0.2, 0.25) is 0 Å². The molecule has 0 aliphatic heterocycles. The van der Waals surface area contributed by atoms with E-state index in [1.807, 2.05) is 18.2 Å². The maximum absolute atomic E-state index is 9.58. The van der Waals surface area contributed by atoms with Crippen molar-refractivity contribution in [2.45, 2.75) is 32.9 Å². The van der Waals surface area contributed by atoms with Crippen molar-refractivity contribution >= 4 is 0 Å². The number of benzene rings is 1. The first-order chi connectivity index (χ1) is 8.11. The van der Waals surface area contributed by atoms with Crippen LogP contribution in [-0.2, 0) is 6.54 Å². The molecule has 0 bridgehead atoms. The van der Waals surface area contributed by atoms with E-state index in [0.29, 0.717) is 11.8 Å². The number of phenols is 1. The summed E-state index contributed by atoms with van der Waals surface area (Å²) in [6.07, 6.45) is 1.13. The lowest BCUT2D eigenvalue weighted by atomic mass is 10.2. The van der Waals surface area contributed by atoms with Gasteiger partial charge in [-0.2, -0.15) is 0 Å². The number of nitrogens with zero attached hydrogens (tertiary/aromatic N) is 1. The molecule has 0 spiro atoms. The molecule has 0 amide bonds. The van der Waals surface area contributed by atoms with Crippen LogP contribution in [0.4, 0.5) is 0 Å². The van der Waals surface area contributed by atoms with E-state index in [9.17, 15) is 5.11 Å². The highest BCUT2D eigenvalue weighted by Crippen LogP contribution is 2.14. The van der Waals surface area contributed by atoms with E-state index in [0.717, 1.165) is 31.6 Å². The lowest BCUT2D eigenvalue weighted by molar-refractivity contribution is 0.269. The molecule has 2 N–H and O–H groups in total. The van der Waals surface area contributed by atoms with Crippen molar-refractivity contribution in [1.29, 1.82) is 0 Å². The Morgan fingerprint density at radius 3 is 2.65 bits per heavy atom. The molecular weight excluding hydrogens is 212 g/mol. The fourth-order valence-electron chi connectivity index (χ4n) is 1.60. The number of rotatable bonds is 7. The largest absolute Gasteiger partial charge is 0.508 e. The molecular formula is C14H24N2O. The van der Waals surface area contributed by atoms with Gasteiger partial charge in [-0.3, -0.25) is 0 Å². The maximum Gasteiger partial charge on any atom is 0.120 e. The SMILES string of the molecule is CC(C)N(C)CCCNCc1ccccc1O. The molecule has 1 aromatic rings. The third kappa shape index (κ3) is 5.20. The van der Waals surface area contributed by atoms with E-state index < -0.39 is 0 Å². The Labute approximate surface area is 104 Å². The van der Waals surface area contributed by atoms with Crippen LogP contribution in [0.3, 0.4) is 0 Å². The van der Waals surface area contributed by atoms with Crippen molar-refractivity contribution in [1.82, 2.24) is 10.2 Å². The fraction of sp³-hybridized carbons (Fsp3) is 0.571. The van der Waals surface area contributed by atoms with E-state index in [1.165, 1.54) is 0 Å². The lowest BCUT2D eigenvalue weighted by Crippen LogP contribution is -2.29. The first-order valence-corrected chi connectivity index (χ1v) is 6.29. The van der Waals surface area contributed by atoms with E-state index in [2.05, 4.69) is 31.1 Å². The molecule has 0 atom stereocenters. The van der Waals surface area contributed by atoms with Gasteiger partial charge in [0.1, 0.15) is 5.75 Å². The summed E-state index contributed by atoms with van der Waals surface area (Å²) in [7, 11) is 2.15. The summed E-state index contributed by atoms with van der Waals surface area (Å²) in [5, 5.41) is 12.9. The molecule has 1 rings (SSSR count). The molecule has 17 heavy (non-hydrogen) atoms. The molecule has 0 aromatic heterocycles. The Morgan fingerprint density at radius 2 is 2.00 bits per heavy atom. The predicted octanol–water partition coefficient (Wildman–Crippen LogP) is 2.21. The van der Waals surface area contributed by atoms with Gasteiger partial charge in [0, 0.05) is 18.2 Å². The molecule has 0 radical (unpaired) electrons. The van der Waals surface area contributed by atoms with Crippen LogP contribution in [0, 0.1) is 0 Å². The van der Waals surface area contributed by atoms with Crippen LogP contribution in [-0.4, -0.2) is 36.2 Å². The van der Waals surface area contributed by atoms with Crippen LogP contribution in [0.1, 0.15) is 25.8 Å². The number of para-hydroxylation sites is 1. The highest BCUT2D eigenvalue weighted by molar-refractivity contribution is 5.31. The monoisotopic (exact) mass is 236 g/mol. The van der Waals surface area contributed by atoms with Crippen LogP contribution in [0.15, 0.2) is 24.3 Å². The fourth-order valence-corrected chi connectivity index (χ4v) is 1.60. The van der Waals surface area contributed by atoms with Crippen molar-refractivity contribution in [3.8, 4) is 5.75 Å². The number of hydrogen-bond acceptors (Lipinski definition) is 3. The summed E-state index contributed by atoms with van der Waals surface area (Å²) in [6, 6.07) is 8.07. The number of phenolic OH excluding ortho intramolecular Hbond substituents is 1. The van der Waals surface area contributed by atoms with Crippen molar-refractivity contribution < 1.29 is 5.11 Å². The van der Waals surface area contributed by atoms with Gasteiger partial charge in [0.25, 0.3) is 0 Å². The zero-order chi connectivity index (χ0) is 12.7. The molecule has 0 heterocycles. The van der Waals surface area contributed by atoms with Crippen molar-refractivity contribution in [2.75, 3.05) is 20.1 Å². The molecule has 3 nitrogen and oxygen atoms in total. The molecule has 0 aliphatic rings. The van der Waals surface area contributed by atoms with Gasteiger partial charge in [-0.1, -0.05) is 18.2 Å². The second-order valence-electron chi connectivity index (χ2n) is 4.73. The minimum absolute atomic E-state index is 0.374. The topological polar surface area (TPSA) is 35.5 Å². The Hall–Kier alpha value is -1.06. The van der Waals surface area contributed by atoms with Crippen molar-refractivity contribution in [2.24, 2.45) is 0 Å². The Kier molecular flexibility index (Phi) is 6.01. The van der Waals surface area contributed by atoms with Crippen LogP contribution < -0.4 is 5.32 Å². The highest BCUT2D eigenvalue weighted by Gasteiger charge is 2.02. The number of hydrogen-bond donors (Lipinski definition) is 2. The van der Waals surface area contributed by atoms with E-state index in [-0.39, 0.29) is 0 Å². The van der Waals surface area contributed by atoms with E-state index >= 15 is 0 Å². The number of nitrogens with one attached hydrogen (secondary N) is 1. The van der Waals surface area contributed by atoms with E-state index in [1.54, 1.807) is 6.07 Å². The van der Waals surface area contributed by atoms with Crippen LogP contribution >= 0.6 is 0 Å². The van der Waals surface area contributed by atoms with Gasteiger partial charge in [-0.05, 0) is 46.5 Å². The summed E-state index contributed by atoms with van der Waals surface area (Å²) in [5.74, 6) is 0.374. The minimum Gasteiger partial charge on any atom is -0.508 e.